The first-order chi connectivity index (χ1) is 23.8. The number of benzene rings is 2. The van der Waals surface area contributed by atoms with Crippen molar-refractivity contribution in [2.45, 2.75) is 72.1 Å². The number of rotatable bonds is 10. The lowest BCUT2D eigenvalue weighted by Gasteiger charge is -2.64. The summed E-state index contributed by atoms with van der Waals surface area (Å²) in [5.41, 5.74) is -12.0. The molecular formula is C38H41N3O9. The Labute approximate surface area is 291 Å². The van der Waals surface area contributed by atoms with Gasteiger partial charge in [0.05, 0.1) is 49.8 Å². The van der Waals surface area contributed by atoms with Crippen LogP contribution in [0.2, 0.25) is 0 Å². The number of hydrogen-bond acceptors (Lipinski definition) is 12. The van der Waals surface area contributed by atoms with Crippen LogP contribution in [0.3, 0.4) is 0 Å². The van der Waals surface area contributed by atoms with Crippen LogP contribution in [-0.4, -0.2) is 67.7 Å². The summed E-state index contributed by atoms with van der Waals surface area (Å²) in [5.74, 6) is -4.46. The van der Waals surface area contributed by atoms with Gasteiger partial charge in [0.2, 0.25) is 0 Å². The fraction of sp³-hybridized carbons (Fsp3) is 0.500. The fourth-order valence-electron chi connectivity index (χ4n) is 8.56. The summed E-state index contributed by atoms with van der Waals surface area (Å²) in [6.07, 6.45) is -2.56. The Balaban J connectivity index is 2.05. The number of carbonyl (C=O) groups excluding carboxylic acids is 4. The zero-order chi connectivity index (χ0) is 36.8. The first-order valence-electron chi connectivity index (χ1n) is 16.7. The molecule has 1 aliphatic heterocycles. The fourth-order valence-corrected chi connectivity index (χ4v) is 8.56. The Morgan fingerprint density at radius 1 is 0.780 bits per heavy atom. The number of esters is 4. The highest BCUT2D eigenvalue weighted by atomic mass is 16.6. The molecule has 0 radical (unpaired) electrons. The number of nitriles is 2. The lowest BCUT2D eigenvalue weighted by Crippen LogP contribution is -2.86. The second-order valence-corrected chi connectivity index (χ2v) is 13.4. The summed E-state index contributed by atoms with van der Waals surface area (Å²) < 4.78 is 29.4. The molecule has 0 N–H and O–H groups in total. The minimum Gasteiger partial charge on any atom is -0.465 e. The topological polar surface area (TPSA) is 174 Å². The molecule has 2 aromatic carbocycles. The molecular weight excluding hydrogens is 642 g/mol. The van der Waals surface area contributed by atoms with Gasteiger partial charge in [0.15, 0.2) is 22.3 Å². The van der Waals surface area contributed by atoms with Crippen molar-refractivity contribution in [1.29, 1.82) is 10.5 Å². The molecule has 5 rings (SSSR count). The molecule has 1 heterocycles. The summed E-state index contributed by atoms with van der Waals surface area (Å²) in [7, 11) is 0. The normalized spacial score (nSPS) is 29.5. The maximum absolute atomic E-state index is 15.2. The summed E-state index contributed by atoms with van der Waals surface area (Å²) in [4.78, 5) is 64.0. The largest absolute Gasteiger partial charge is 0.465 e. The molecule has 0 amide bonds. The minimum atomic E-state index is -2.62. The molecule has 12 nitrogen and oxygen atoms in total. The molecule has 3 fully saturated rings. The van der Waals surface area contributed by atoms with Gasteiger partial charge in [-0.3, -0.25) is 19.4 Å². The Morgan fingerprint density at radius 2 is 1.30 bits per heavy atom. The van der Waals surface area contributed by atoms with Crippen LogP contribution in [0.4, 0.5) is 0 Å². The molecule has 0 unspecified atom stereocenters. The van der Waals surface area contributed by atoms with Gasteiger partial charge in [-0.05, 0) is 65.2 Å². The maximum Gasteiger partial charge on any atom is 0.336 e. The van der Waals surface area contributed by atoms with Crippen molar-refractivity contribution in [2.75, 3.05) is 26.4 Å². The number of aliphatic imine (C=N–C) groups is 1. The van der Waals surface area contributed by atoms with Crippen LogP contribution in [0.5, 0.6) is 0 Å². The van der Waals surface area contributed by atoms with Gasteiger partial charge in [-0.25, -0.2) is 4.79 Å². The second kappa shape index (κ2) is 12.7. The molecule has 0 aromatic heterocycles. The Hall–Kier alpha value is -5.07. The molecule has 262 valence electrons. The van der Waals surface area contributed by atoms with Crippen molar-refractivity contribution in [3.05, 3.63) is 60.2 Å². The summed E-state index contributed by atoms with van der Waals surface area (Å²) in [6, 6.07) is 20.3. The van der Waals surface area contributed by atoms with E-state index in [2.05, 4.69) is 12.1 Å². The number of hydrogen-bond donors (Lipinski definition) is 0. The molecule has 5 atom stereocenters. The van der Waals surface area contributed by atoms with Crippen molar-refractivity contribution in [2.24, 2.45) is 26.7 Å². The van der Waals surface area contributed by atoms with Crippen molar-refractivity contribution in [3.63, 3.8) is 0 Å². The predicted octanol–water partition coefficient (Wildman–Crippen LogP) is 4.85. The highest BCUT2D eigenvalue weighted by Crippen LogP contribution is 2.89. The quantitative estimate of drug-likeness (QED) is 0.247. The zero-order valence-electron chi connectivity index (χ0n) is 29.3. The first kappa shape index (κ1) is 36.2. The van der Waals surface area contributed by atoms with E-state index in [-0.39, 0.29) is 32.0 Å². The number of nitrogens with zero attached hydrogens (tertiary/aromatic N) is 3. The van der Waals surface area contributed by atoms with E-state index >= 15 is 4.79 Å². The van der Waals surface area contributed by atoms with Crippen molar-refractivity contribution in [3.8, 4) is 23.3 Å². The smallest absolute Gasteiger partial charge is 0.336 e. The van der Waals surface area contributed by atoms with E-state index in [4.69, 9.17) is 28.7 Å². The standard InChI is InChI=1S/C38H41N3O9/c1-8-46-28(42)27-36(30(43)47-9-2)29(41-33(5,6)7)37(31(44)48-10-3)34(22-39,23-40)21-35(50-27,38(36,37)32(45)49-11-4)26-19-17-25(18-20-26)24-15-13-12-14-16-24/h12-20,27H,8-11,21H2,1-7H3/t27-,35+,36+,37-,38+/m1/s1. The average molecular weight is 684 g/mol. The highest BCUT2D eigenvalue weighted by molar-refractivity contribution is 6.33. The van der Waals surface area contributed by atoms with E-state index in [1.165, 1.54) is 20.8 Å². The lowest BCUT2D eigenvalue weighted by atomic mass is 9.30. The Bertz CT molecular complexity index is 1810. The molecule has 50 heavy (non-hydrogen) atoms. The van der Waals surface area contributed by atoms with E-state index in [0.29, 0.717) is 0 Å². The van der Waals surface area contributed by atoms with Gasteiger partial charge in [0.1, 0.15) is 11.0 Å². The number of ether oxygens (including phenoxy) is 5. The van der Waals surface area contributed by atoms with E-state index < -0.39 is 74.9 Å². The molecule has 0 bridgehead atoms. The molecule has 2 aliphatic carbocycles. The van der Waals surface area contributed by atoms with Crippen LogP contribution in [-0.2, 0) is 48.5 Å². The third kappa shape index (κ3) is 4.27. The van der Waals surface area contributed by atoms with Gasteiger partial charge in [-0.1, -0.05) is 54.6 Å². The maximum atomic E-state index is 15.2. The Morgan fingerprint density at radius 3 is 1.82 bits per heavy atom. The Kier molecular flexibility index (Phi) is 9.18. The number of carbonyl (C=O) groups is 4. The molecule has 3 aliphatic rings. The van der Waals surface area contributed by atoms with Crippen LogP contribution in [0.15, 0.2) is 59.6 Å². The lowest BCUT2D eigenvalue weighted by molar-refractivity contribution is -0.209. The molecule has 12 heteroatoms. The van der Waals surface area contributed by atoms with Crippen LogP contribution in [0, 0.1) is 44.3 Å². The van der Waals surface area contributed by atoms with Gasteiger partial charge < -0.3 is 23.7 Å². The van der Waals surface area contributed by atoms with Crippen molar-refractivity contribution < 1.29 is 42.9 Å². The minimum absolute atomic E-state index is 0.127. The van der Waals surface area contributed by atoms with E-state index in [9.17, 15) is 24.9 Å². The van der Waals surface area contributed by atoms with Crippen molar-refractivity contribution >= 4 is 29.6 Å². The monoisotopic (exact) mass is 683 g/mol. The van der Waals surface area contributed by atoms with E-state index in [1.54, 1.807) is 52.0 Å². The highest BCUT2D eigenvalue weighted by Gasteiger charge is 3.07. The zero-order valence-corrected chi connectivity index (χ0v) is 29.3. The second-order valence-electron chi connectivity index (χ2n) is 13.4. The van der Waals surface area contributed by atoms with Gasteiger partial charge in [0.25, 0.3) is 0 Å². The average Bonchev–Trinajstić information content (AvgIpc) is 3.45. The van der Waals surface area contributed by atoms with Crippen molar-refractivity contribution in [1.82, 2.24) is 0 Å². The van der Waals surface area contributed by atoms with Gasteiger partial charge in [-0.15, -0.1) is 0 Å². The van der Waals surface area contributed by atoms with Gasteiger partial charge in [0, 0.05) is 6.42 Å². The summed E-state index contributed by atoms with van der Waals surface area (Å²) in [5, 5.41) is 22.2. The van der Waals surface area contributed by atoms with Crippen LogP contribution in [0.1, 0.15) is 60.5 Å². The summed E-state index contributed by atoms with van der Waals surface area (Å²) in [6.45, 7) is 10.4. The van der Waals surface area contributed by atoms with Crippen LogP contribution >= 0.6 is 0 Å². The molecule has 1 saturated heterocycles. The molecule has 2 aromatic rings. The third-order valence-corrected chi connectivity index (χ3v) is 9.90. The molecule has 2 saturated carbocycles. The first-order valence-corrected chi connectivity index (χ1v) is 16.7. The van der Waals surface area contributed by atoms with E-state index in [1.807, 2.05) is 30.3 Å². The van der Waals surface area contributed by atoms with Crippen LogP contribution in [0.25, 0.3) is 11.1 Å². The molecule has 0 spiro atoms. The predicted molar refractivity (Wildman–Crippen MR) is 178 cm³/mol. The van der Waals surface area contributed by atoms with Gasteiger partial charge >= 0.3 is 23.9 Å². The summed E-state index contributed by atoms with van der Waals surface area (Å²) >= 11 is 0. The van der Waals surface area contributed by atoms with E-state index in [0.717, 1.165) is 11.1 Å². The SMILES string of the molecule is CCOC(=O)[C@H]1O[C@]2(c3ccc(-c4ccccc4)cc3)CC(C#N)(C#N)[C@]3(C(=O)OCC)C(=NC(C)(C)C)[C@@]1(C(=O)OCC)[C@@]32C(=O)OCC. The third-order valence-electron chi connectivity index (χ3n) is 9.90. The van der Waals surface area contributed by atoms with Gasteiger partial charge in [-0.2, -0.15) is 10.5 Å². The van der Waals surface area contributed by atoms with Crippen LogP contribution < -0.4 is 0 Å².